The van der Waals surface area contributed by atoms with E-state index in [1.54, 1.807) is 0 Å². The number of benzene rings is 1. The number of hydrogen-bond donors (Lipinski definition) is 1. The van der Waals surface area contributed by atoms with Crippen LogP contribution in [0.1, 0.15) is 6.93 Å². The predicted molar refractivity (Wildman–Crippen MR) is 56.8 cm³/mol. The highest BCUT2D eigenvalue weighted by Crippen LogP contribution is 1.93. The molecule has 0 amide bonds. The molecule has 0 spiro atoms. The van der Waals surface area contributed by atoms with Gasteiger partial charge in [-0.05, 0) is 5.56 Å². The van der Waals surface area contributed by atoms with Gasteiger partial charge in [-0.1, -0.05) is 30.3 Å². The first kappa shape index (κ1) is 9.37. The monoisotopic (exact) mass is 194 g/mol. The molecule has 0 saturated heterocycles. The van der Waals surface area contributed by atoms with E-state index in [9.17, 15) is 0 Å². The van der Waals surface area contributed by atoms with Crippen molar-refractivity contribution in [2.24, 2.45) is 4.99 Å². The Bertz CT molecular complexity index is 301. The maximum absolute atomic E-state index is 8.45. The van der Waals surface area contributed by atoms with E-state index >= 15 is 0 Å². The first-order valence-corrected chi connectivity index (χ1v) is 4.59. The maximum atomic E-state index is 8.45. The van der Waals surface area contributed by atoms with Gasteiger partial charge in [0.05, 0.1) is 27.7 Å². The van der Waals surface area contributed by atoms with Gasteiger partial charge in [0.1, 0.15) is 0 Å². The fourth-order valence-corrected chi connectivity index (χ4v) is 0.937. The quantitative estimate of drug-likeness (QED) is 0.544. The van der Waals surface area contributed by atoms with Crippen LogP contribution in [-0.2, 0) is 4.74 Å². The second-order valence-electron chi connectivity index (χ2n) is 2.70. The Morgan fingerprint density at radius 3 is 2.86 bits per heavy atom. The summed E-state index contributed by atoms with van der Waals surface area (Å²) in [7, 11) is 0. The Balaban J connectivity index is 2.33. The fraction of sp³-hybridized carbons (Fsp3) is 0.364. The predicted octanol–water partition coefficient (Wildman–Crippen LogP) is 1.11. The lowest BCUT2D eigenvalue weighted by atomic mass is 10.2. The van der Waals surface area contributed by atoms with Crippen molar-refractivity contribution in [1.82, 2.24) is 0 Å². The molecule has 3 heteroatoms. The van der Waals surface area contributed by atoms with Crippen LogP contribution in [-0.4, -0.2) is 37.7 Å². The van der Waals surface area contributed by atoms with Crippen molar-refractivity contribution in [3.05, 3.63) is 35.9 Å². The summed E-state index contributed by atoms with van der Waals surface area (Å²) in [6, 6.07) is 9.35. The number of aliphatic imine (C=N–C) groups is 1. The molecule has 0 heterocycles. The van der Waals surface area contributed by atoms with E-state index in [0.29, 0.717) is 19.8 Å². The second-order valence-corrected chi connectivity index (χ2v) is 2.70. The van der Waals surface area contributed by atoms with Gasteiger partial charge in [-0.3, -0.25) is 4.99 Å². The molecule has 14 heavy (non-hydrogen) atoms. The van der Waals surface area contributed by atoms with Crippen molar-refractivity contribution in [3.8, 4) is 0 Å². The van der Waals surface area contributed by atoms with Crippen LogP contribution in [0.5, 0.6) is 0 Å². The molecule has 0 atom stereocenters. The molecule has 0 bridgehead atoms. The lowest BCUT2D eigenvalue weighted by molar-refractivity contribution is 0.0978. The van der Waals surface area contributed by atoms with E-state index in [-0.39, 0.29) is 12.8 Å². The molecule has 1 aromatic rings. The maximum Gasteiger partial charge on any atom is 0.0842 e. The molecule has 1 rings (SSSR count). The first-order chi connectivity index (χ1) is 7.34. The van der Waals surface area contributed by atoms with Crippen molar-refractivity contribution in [3.63, 3.8) is 0 Å². The van der Waals surface area contributed by atoms with E-state index in [1.165, 1.54) is 0 Å². The first-order valence-electron chi connectivity index (χ1n) is 5.09. The molecule has 3 nitrogen and oxygen atoms in total. The molecule has 0 aromatic heterocycles. The topological polar surface area (TPSA) is 41.8 Å². The molecule has 0 radical (unpaired) electrons. The van der Waals surface area contributed by atoms with Gasteiger partial charge < -0.3 is 9.84 Å². The molecule has 76 valence electrons. The number of ether oxygens (including phenoxy) is 1. The van der Waals surface area contributed by atoms with Crippen LogP contribution in [0.4, 0.5) is 0 Å². The molecule has 0 fully saturated rings. The number of rotatable bonds is 6. The Labute approximate surface area is 85.5 Å². The Morgan fingerprint density at radius 1 is 1.36 bits per heavy atom. The summed E-state index contributed by atoms with van der Waals surface area (Å²) in [4.78, 5) is 4.04. The van der Waals surface area contributed by atoms with Crippen molar-refractivity contribution >= 4 is 6.19 Å². The van der Waals surface area contributed by atoms with Crippen molar-refractivity contribution in [2.45, 2.75) is 0 Å². The minimum Gasteiger partial charge on any atom is -0.394 e. The summed E-state index contributed by atoms with van der Waals surface area (Å²) in [5, 5.41) is 8.45. The van der Waals surface area contributed by atoms with Crippen LogP contribution >= 0.6 is 0 Å². The van der Waals surface area contributed by atoms with Crippen LogP contribution in [0.15, 0.2) is 35.3 Å². The second kappa shape index (κ2) is 7.24. The normalized spacial score (nSPS) is 12.6. The molecule has 0 saturated carbocycles. The van der Waals surface area contributed by atoms with Crippen LogP contribution in [0.3, 0.4) is 0 Å². The summed E-state index contributed by atoms with van der Waals surface area (Å²) in [6.45, 7) is 1.24. The molecular weight excluding hydrogens is 178 g/mol. The highest BCUT2D eigenvalue weighted by molar-refractivity contribution is 5.79. The highest BCUT2D eigenvalue weighted by Gasteiger charge is 1.85. The van der Waals surface area contributed by atoms with Gasteiger partial charge in [-0.25, -0.2) is 0 Å². The summed E-state index contributed by atoms with van der Waals surface area (Å²) in [5.74, 6) is 0. The molecule has 0 aliphatic carbocycles. The number of aliphatic hydroxyl groups excluding tert-OH is 1. The summed E-state index contributed by atoms with van der Waals surface area (Å²) in [5.41, 5.74) is 0.805. The van der Waals surface area contributed by atoms with Crippen LogP contribution in [0.2, 0.25) is 0 Å². The van der Waals surface area contributed by atoms with E-state index in [0.717, 1.165) is 5.56 Å². The highest BCUT2D eigenvalue weighted by atomic mass is 16.5. The standard InChI is InChI=1S/C11H15NO2/c13-7-9-14-8-6-12-10-11-4-2-1-3-5-11/h1-5,10,13H,6-9H2/i10D. The van der Waals surface area contributed by atoms with E-state index < -0.39 is 0 Å². The average Bonchev–Trinajstić information content (AvgIpc) is 2.30. The van der Waals surface area contributed by atoms with Gasteiger partial charge in [-0.15, -0.1) is 0 Å². The van der Waals surface area contributed by atoms with Gasteiger partial charge in [0.2, 0.25) is 0 Å². The third-order valence-electron chi connectivity index (χ3n) is 1.56. The zero-order valence-electron chi connectivity index (χ0n) is 9.02. The Kier molecular flexibility index (Phi) is 4.84. The zero-order chi connectivity index (χ0) is 10.9. The smallest absolute Gasteiger partial charge is 0.0842 e. The van der Waals surface area contributed by atoms with E-state index in [2.05, 4.69) is 4.99 Å². The minimum atomic E-state index is 0.0239. The zero-order valence-corrected chi connectivity index (χ0v) is 8.02. The molecule has 0 unspecified atom stereocenters. The lowest BCUT2D eigenvalue weighted by Crippen LogP contribution is -2.03. The SMILES string of the molecule is [2H]C(=NCCOCCO)c1ccccc1. The number of hydrogen-bond acceptors (Lipinski definition) is 3. The summed E-state index contributed by atoms with van der Waals surface area (Å²) < 4.78 is 12.7. The molecule has 1 aromatic carbocycles. The van der Waals surface area contributed by atoms with E-state index in [4.69, 9.17) is 11.2 Å². The minimum absolute atomic E-state index is 0.0239. The molecular formula is C11H15NO2. The van der Waals surface area contributed by atoms with Gasteiger partial charge >= 0.3 is 0 Å². The van der Waals surface area contributed by atoms with Gasteiger partial charge in [0.15, 0.2) is 0 Å². The van der Waals surface area contributed by atoms with Crippen LogP contribution < -0.4 is 0 Å². The molecule has 0 aliphatic rings. The fourth-order valence-electron chi connectivity index (χ4n) is 0.937. The van der Waals surface area contributed by atoms with Gasteiger partial charge in [-0.2, -0.15) is 0 Å². The van der Waals surface area contributed by atoms with Crippen LogP contribution in [0.25, 0.3) is 0 Å². The average molecular weight is 194 g/mol. The lowest BCUT2D eigenvalue weighted by Gasteiger charge is -1.97. The van der Waals surface area contributed by atoms with Crippen molar-refractivity contribution < 1.29 is 11.2 Å². The van der Waals surface area contributed by atoms with Gasteiger partial charge in [0, 0.05) is 6.19 Å². The van der Waals surface area contributed by atoms with E-state index in [1.807, 2.05) is 30.3 Å². The Morgan fingerprint density at radius 2 is 2.14 bits per heavy atom. The third kappa shape index (κ3) is 4.74. The summed E-state index contributed by atoms with van der Waals surface area (Å²) in [6.07, 6.45) is 0.267. The van der Waals surface area contributed by atoms with Crippen molar-refractivity contribution in [2.75, 3.05) is 26.4 Å². The van der Waals surface area contributed by atoms with Crippen LogP contribution in [0, 0.1) is 0 Å². The number of nitrogens with zero attached hydrogens (tertiary/aromatic N) is 1. The third-order valence-corrected chi connectivity index (χ3v) is 1.56. The molecule has 0 aliphatic heterocycles. The van der Waals surface area contributed by atoms with Crippen molar-refractivity contribution in [1.29, 1.82) is 0 Å². The van der Waals surface area contributed by atoms with Gasteiger partial charge in [0.25, 0.3) is 0 Å². The number of aliphatic hydroxyl groups is 1. The summed E-state index contributed by atoms with van der Waals surface area (Å²) >= 11 is 0. The largest absolute Gasteiger partial charge is 0.394 e. The Hall–Kier alpha value is -1.19. The molecule has 1 N–H and O–H groups in total.